The first-order valence-electron chi connectivity index (χ1n) is 8.08. The summed E-state index contributed by atoms with van der Waals surface area (Å²) >= 11 is 1.42. The van der Waals surface area contributed by atoms with E-state index in [0.717, 1.165) is 10.6 Å². The van der Waals surface area contributed by atoms with Crippen LogP contribution in [0.4, 0.5) is 15.8 Å². The van der Waals surface area contributed by atoms with Gasteiger partial charge in [-0.3, -0.25) is 9.59 Å². The summed E-state index contributed by atoms with van der Waals surface area (Å²) in [6.45, 7) is 1.43. The van der Waals surface area contributed by atoms with Crippen molar-refractivity contribution in [2.45, 2.75) is 6.92 Å². The third-order valence-corrected chi connectivity index (χ3v) is 4.40. The first-order chi connectivity index (χ1) is 13.0. The Morgan fingerprint density at radius 3 is 2.26 bits per heavy atom. The fraction of sp³-hybridized carbons (Fsp3) is 0.0500. The molecule has 2 amide bonds. The van der Waals surface area contributed by atoms with E-state index in [4.69, 9.17) is 0 Å². The van der Waals surface area contributed by atoms with E-state index in [9.17, 15) is 14.0 Å². The highest BCUT2D eigenvalue weighted by molar-refractivity contribution is 7.13. The summed E-state index contributed by atoms with van der Waals surface area (Å²) in [5, 5.41) is 7.97. The van der Waals surface area contributed by atoms with E-state index in [0.29, 0.717) is 17.1 Å². The lowest BCUT2D eigenvalue weighted by atomic mass is 10.2. The van der Waals surface area contributed by atoms with E-state index < -0.39 is 0 Å². The lowest BCUT2D eigenvalue weighted by Crippen LogP contribution is -2.08. The third kappa shape index (κ3) is 5.32. The molecule has 0 unspecified atom stereocenters. The molecule has 1 heterocycles. The number of aromatic nitrogens is 1. The molecule has 3 aromatic rings. The van der Waals surface area contributed by atoms with Crippen LogP contribution in [0.15, 0.2) is 60.0 Å². The molecule has 7 heteroatoms. The highest BCUT2D eigenvalue weighted by Crippen LogP contribution is 2.24. The summed E-state index contributed by atoms with van der Waals surface area (Å²) in [7, 11) is 0. The molecular formula is C20H16FN3O2S. The van der Waals surface area contributed by atoms with Gasteiger partial charge in [-0.1, -0.05) is 0 Å². The molecule has 0 aliphatic carbocycles. The Balaban J connectivity index is 1.60. The van der Waals surface area contributed by atoms with Crippen molar-refractivity contribution in [2.75, 3.05) is 10.6 Å². The topological polar surface area (TPSA) is 71.1 Å². The summed E-state index contributed by atoms with van der Waals surface area (Å²) in [4.78, 5) is 27.4. The number of thiazole rings is 1. The molecule has 5 nitrogen and oxygen atoms in total. The van der Waals surface area contributed by atoms with Crippen molar-refractivity contribution in [3.05, 3.63) is 71.5 Å². The summed E-state index contributed by atoms with van der Waals surface area (Å²) in [6.07, 6.45) is 3.01. The molecule has 0 aliphatic rings. The largest absolute Gasteiger partial charge is 0.326 e. The summed E-state index contributed by atoms with van der Waals surface area (Å²) < 4.78 is 13.0. The Morgan fingerprint density at radius 1 is 1.00 bits per heavy atom. The van der Waals surface area contributed by atoms with Crippen molar-refractivity contribution in [1.82, 2.24) is 4.98 Å². The van der Waals surface area contributed by atoms with Gasteiger partial charge in [0.1, 0.15) is 10.8 Å². The van der Waals surface area contributed by atoms with Crippen LogP contribution in [0, 0.1) is 5.82 Å². The van der Waals surface area contributed by atoms with Crippen molar-refractivity contribution >= 4 is 40.6 Å². The number of amides is 2. The molecule has 2 aromatic carbocycles. The average Bonchev–Trinajstić information content (AvgIpc) is 3.11. The lowest BCUT2D eigenvalue weighted by Gasteiger charge is -2.04. The van der Waals surface area contributed by atoms with E-state index in [-0.39, 0.29) is 17.6 Å². The molecule has 0 atom stereocenters. The number of rotatable bonds is 5. The predicted octanol–water partition coefficient (Wildman–Crippen LogP) is 4.56. The third-order valence-electron chi connectivity index (χ3n) is 3.49. The van der Waals surface area contributed by atoms with Gasteiger partial charge < -0.3 is 10.6 Å². The van der Waals surface area contributed by atoms with E-state index in [1.165, 1.54) is 36.5 Å². The molecule has 0 saturated carbocycles. The minimum atomic E-state index is -0.294. The van der Waals surface area contributed by atoms with Crippen molar-refractivity contribution < 1.29 is 14.0 Å². The van der Waals surface area contributed by atoms with Gasteiger partial charge in [-0.15, -0.1) is 11.3 Å². The maximum Gasteiger partial charge on any atom is 0.248 e. The lowest BCUT2D eigenvalue weighted by molar-refractivity contribution is -0.114. The molecule has 136 valence electrons. The van der Waals surface area contributed by atoms with Crippen LogP contribution < -0.4 is 10.6 Å². The molecular weight excluding hydrogens is 365 g/mol. The van der Waals surface area contributed by atoms with Crippen LogP contribution >= 0.6 is 11.3 Å². The van der Waals surface area contributed by atoms with Gasteiger partial charge in [0, 0.05) is 35.3 Å². The van der Waals surface area contributed by atoms with Crippen molar-refractivity contribution in [3.8, 4) is 10.6 Å². The molecule has 0 bridgehead atoms. The van der Waals surface area contributed by atoms with Gasteiger partial charge in [0.2, 0.25) is 11.8 Å². The SMILES string of the molecule is CC(=O)Nc1ccc(NC(=O)C=Cc2csc(-c3ccc(F)cc3)n2)cc1. The number of nitrogens with one attached hydrogen (secondary N) is 2. The van der Waals surface area contributed by atoms with Gasteiger partial charge in [-0.2, -0.15) is 0 Å². The monoisotopic (exact) mass is 381 g/mol. The highest BCUT2D eigenvalue weighted by atomic mass is 32.1. The number of halogens is 1. The second kappa shape index (κ2) is 8.37. The number of carbonyl (C=O) groups is 2. The van der Waals surface area contributed by atoms with Gasteiger partial charge in [-0.05, 0) is 54.6 Å². The maximum absolute atomic E-state index is 13.0. The minimum absolute atomic E-state index is 0.155. The smallest absolute Gasteiger partial charge is 0.248 e. The van der Waals surface area contributed by atoms with Crippen LogP contribution in [-0.2, 0) is 9.59 Å². The Hall–Kier alpha value is -3.32. The van der Waals surface area contributed by atoms with Crippen molar-refractivity contribution in [3.63, 3.8) is 0 Å². The van der Waals surface area contributed by atoms with Gasteiger partial charge in [0.25, 0.3) is 0 Å². The average molecular weight is 381 g/mol. The minimum Gasteiger partial charge on any atom is -0.326 e. The van der Waals surface area contributed by atoms with Crippen LogP contribution in [0.3, 0.4) is 0 Å². The van der Waals surface area contributed by atoms with Crippen LogP contribution in [0.2, 0.25) is 0 Å². The molecule has 27 heavy (non-hydrogen) atoms. The number of benzene rings is 2. The molecule has 1 aromatic heterocycles. The summed E-state index contributed by atoms with van der Waals surface area (Å²) in [5.74, 6) is -0.742. The second-order valence-electron chi connectivity index (χ2n) is 5.67. The van der Waals surface area contributed by atoms with Crippen LogP contribution in [-0.4, -0.2) is 16.8 Å². The van der Waals surface area contributed by atoms with Gasteiger partial charge >= 0.3 is 0 Å². The summed E-state index contributed by atoms with van der Waals surface area (Å²) in [6, 6.07) is 12.9. The fourth-order valence-corrected chi connectivity index (χ4v) is 3.07. The fourth-order valence-electron chi connectivity index (χ4n) is 2.27. The van der Waals surface area contributed by atoms with Crippen molar-refractivity contribution in [2.24, 2.45) is 0 Å². The predicted molar refractivity (Wildman–Crippen MR) is 106 cm³/mol. The van der Waals surface area contributed by atoms with Gasteiger partial charge in [-0.25, -0.2) is 9.37 Å². The number of hydrogen-bond donors (Lipinski definition) is 2. The first-order valence-corrected chi connectivity index (χ1v) is 8.96. The number of carbonyl (C=O) groups excluding carboxylic acids is 2. The van der Waals surface area contributed by atoms with Crippen LogP contribution in [0.25, 0.3) is 16.6 Å². The molecule has 2 N–H and O–H groups in total. The molecule has 0 radical (unpaired) electrons. The number of nitrogens with zero attached hydrogens (tertiary/aromatic N) is 1. The number of anilines is 2. The molecule has 3 rings (SSSR count). The van der Waals surface area contributed by atoms with E-state index >= 15 is 0 Å². The summed E-state index contributed by atoms with van der Waals surface area (Å²) in [5.41, 5.74) is 2.75. The Bertz CT molecular complexity index is 979. The Labute approximate surface area is 159 Å². The van der Waals surface area contributed by atoms with E-state index in [1.54, 1.807) is 42.5 Å². The highest BCUT2D eigenvalue weighted by Gasteiger charge is 2.04. The van der Waals surface area contributed by atoms with E-state index in [1.807, 2.05) is 5.38 Å². The zero-order valence-corrected chi connectivity index (χ0v) is 15.2. The molecule has 0 saturated heterocycles. The standard InChI is InChI=1S/C20H16FN3O2S/c1-13(25)22-16-6-8-17(9-7-16)23-19(26)11-10-18-12-27-20(24-18)14-2-4-15(21)5-3-14/h2-12H,1H3,(H,22,25)(H,23,26). The Kier molecular flexibility index (Phi) is 5.73. The molecule has 0 spiro atoms. The normalized spacial score (nSPS) is 10.7. The first kappa shape index (κ1) is 18.5. The second-order valence-corrected chi connectivity index (χ2v) is 6.52. The Morgan fingerprint density at radius 2 is 1.63 bits per heavy atom. The van der Waals surface area contributed by atoms with Crippen LogP contribution in [0.5, 0.6) is 0 Å². The van der Waals surface area contributed by atoms with Gasteiger partial charge in [0.05, 0.1) is 5.69 Å². The van der Waals surface area contributed by atoms with E-state index in [2.05, 4.69) is 15.6 Å². The number of hydrogen-bond acceptors (Lipinski definition) is 4. The molecule has 0 aliphatic heterocycles. The molecule has 0 fully saturated rings. The quantitative estimate of drug-likeness (QED) is 0.637. The van der Waals surface area contributed by atoms with Crippen LogP contribution in [0.1, 0.15) is 12.6 Å². The zero-order chi connectivity index (χ0) is 19.2. The van der Waals surface area contributed by atoms with Crippen molar-refractivity contribution in [1.29, 1.82) is 0 Å². The van der Waals surface area contributed by atoms with Gasteiger partial charge in [0.15, 0.2) is 0 Å². The zero-order valence-electron chi connectivity index (χ0n) is 14.4. The maximum atomic E-state index is 13.0.